The maximum absolute atomic E-state index is 3.87. The molecule has 90 valence electrons. The smallest absolute Gasteiger partial charge is 0.0174 e. The minimum atomic E-state index is 0.525. The molecular weight excluding hydrogens is 248 g/mol. The van der Waals surface area contributed by atoms with E-state index >= 15 is 0 Å². The Balaban J connectivity index is 2.36. The summed E-state index contributed by atoms with van der Waals surface area (Å²) in [5.41, 5.74) is 0.525. The van der Waals surface area contributed by atoms with Crippen molar-refractivity contribution in [2.75, 3.05) is 0 Å². The lowest BCUT2D eigenvalue weighted by atomic mass is 9.69. The van der Waals surface area contributed by atoms with Gasteiger partial charge in [0.25, 0.3) is 0 Å². The molecule has 1 heteroatoms. The van der Waals surface area contributed by atoms with Crippen LogP contribution < -0.4 is 0 Å². The summed E-state index contributed by atoms with van der Waals surface area (Å²) in [4.78, 5) is 0.781. The van der Waals surface area contributed by atoms with Crippen molar-refractivity contribution < 1.29 is 0 Å². The largest absolute Gasteiger partial charge is 0.0888 e. The highest BCUT2D eigenvalue weighted by Gasteiger charge is 2.31. The summed E-state index contributed by atoms with van der Waals surface area (Å²) in [6.45, 7) is 9.48. The predicted molar refractivity (Wildman–Crippen MR) is 72.5 cm³/mol. The van der Waals surface area contributed by atoms with E-state index in [0.717, 1.165) is 16.7 Å². The third-order valence-electron chi connectivity index (χ3n) is 4.07. The predicted octanol–water partition coefficient (Wildman–Crippen LogP) is 5.40. The quantitative estimate of drug-likeness (QED) is 0.605. The lowest BCUT2D eigenvalue weighted by Gasteiger charge is -2.38. The van der Waals surface area contributed by atoms with E-state index < -0.39 is 0 Å². The van der Waals surface area contributed by atoms with Crippen molar-refractivity contribution in [3.63, 3.8) is 0 Å². The fourth-order valence-corrected chi connectivity index (χ4v) is 3.84. The van der Waals surface area contributed by atoms with Crippen LogP contribution in [0.3, 0.4) is 0 Å². The molecule has 0 bridgehead atoms. The van der Waals surface area contributed by atoms with E-state index in [4.69, 9.17) is 0 Å². The van der Waals surface area contributed by atoms with Crippen molar-refractivity contribution in [3.8, 4) is 0 Å². The minimum Gasteiger partial charge on any atom is -0.0888 e. The Hall–Kier alpha value is 0.480. The SMILES string of the molecule is CCCC(Br)C1CCC(C(C)(C)C)CC1. The van der Waals surface area contributed by atoms with Crippen LogP contribution in [-0.2, 0) is 0 Å². The standard InChI is InChI=1S/C14H27Br/c1-5-6-13(15)11-7-9-12(10-8-11)14(2,3)4/h11-13H,5-10H2,1-4H3. The van der Waals surface area contributed by atoms with Crippen molar-refractivity contribution in [2.45, 2.75) is 71.0 Å². The lowest BCUT2D eigenvalue weighted by molar-refractivity contribution is 0.148. The summed E-state index contributed by atoms with van der Waals surface area (Å²) < 4.78 is 0. The normalized spacial score (nSPS) is 30.2. The molecule has 15 heavy (non-hydrogen) atoms. The number of hydrogen-bond acceptors (Lipinski definition) is 0. The molecule has 1 unspecified atom stereocenters. The van der Waals surface area contributed by atoms with Crippen molar-refractivity contribution in [3.05, 3.63) is 0 Å². The highest BCUT2D eigenvalue weighted by atomic mass is 79.9. The Kier molecular flexibility index (Phi) is 5.15. The van der Waals surface area contributed by atoms with Gasteiger partial charge in [0.1, 0.15) is 0 Å². The zero-order valence-electron chi connectivity index (χ0n) is 10.9. The van der Waals surface area contributed by atoms with Gasteiger partial charge in [0.05, 0.1) is 0 Å². The Morgan fingerprint density at radius 3 is 2.07 bits per heavy atom. The molecule has 1 atom stereocenters. The molecule has 1 aliphatic carbocycles. The number of rotatable bonds is 3. The number of alkyl halides is 1. The molecule has 0 heterocycles. The van der Waals surface area contributed by atoms with Crippen LogP contribution in [0.2, 0.25) is 0 Å². The maximum Gasteiger partial charge on any atom is 0.0174 e. The second kappa shape index (κ2) is 5.70. The van der Waals surface area contributed by atoms with Gasteiger partial charge in [-0.3, -0.25) is 0 Å². The highest BCUT2D eigenvalue weighted by Crippen LogP contribution is 2.42. The molecule has 0 aliphatic heterocycles. The van der Waals surface area contributed by atoms with Gasteiger partial charge in [-0.15, -0.1) is 0 Å². The molecule has 0 radical (unpaired) electrons. The molecule has 1 rings (SSSR count). The van der Waals surface area contributed by atoms with Gasteiger partial charge in [0, 0.05) is 4.83 Å². The van der Waals surface area contributed by atoms with E-state index in [2.05, 4.69) is 43.6 Å². The molecule has 0 N–H and O–H groups in total. The molecule has 1 saturated carbocycles. The monoisotopic (exact) mass is 274 g/mol. The van der Waals surface area contributed by atoms with E-state index in [1.165, 1.54) is 38.5 Å². The van der Waals surface area contributed by atoms with E-state index in [1.54, 1.807) is 0 Å². The first kappa shape index (κ1) is 13.5. The Morgan fingerprint density at radius 2 is 1.67 bits per heavy atom. The summed E-state index contributed by atoms with van der Waals surface area (Å²) >= 11 is 3.87. The van der Waals surface area contributed by atoms with E-state index in [1.807, 2.05) is 0 Å². The molecule has 0 spiro atoms. The summed E-state index contributed by atoms with van der Waals surface area (Å²) in [6.07, 6.45) is 8.44. The lowest BCUT2D eigenvalue weighted by Crippen LogP contribution is -2.28. The molecule has 0 nitrogen and oxygen atoms in total. The second-order valence-corrected chi connectivity index (χ2v) is 7.46. The third-order valence-corrected chi connectivity index (χ3v) is 5.28. The molecule has 0 aromatic heterocycles. The van der Waals surface area contributed by atoms with Gasteiger partial charge in [0.2, 0.25) is 0 Å². The molecular formula is C14H27Br. The molecule has 1 aliphatic rings. The molecule has 0 amide bonds. The summed E-state index contributed by atoms with van der Waals surface area (Å²) in [6, 6.07) is 0. The number of hydrogen-bond donors (Lipinski definition) is 0. The Bertz CT molecular complexity index is 172. The van der Waals surface area contributed by atoms with Crippen LogP contribution in [0.15, 0.2) is 0 Å². The fraction of sp³-hybridized carbons (Fsp3) is 1.00. The molecule has 0 saturated heterocycles. The zero-order valence-corrected chi connectivity index (χ0v) is 12.4. The first-order valence-electron chi connectivity index (χ1n) is 6.59. The van der Waals surface area contributed by atoms with Gasteiger partial charge in [-0.1, -0.05) is 50.0 Å². The van der Waals surface area contributed by atoms with Gasteiger partial charge in [-0.2, -0.15) is 0 Å². The van der Waals surface area contributed by atoms with Crippen LogP contribution in [0.4, 0.5) is 0 Å². The fourth-order valence-electron chi connectivity index (χ4n) is 2.86. The van der Waals surface area contributed by atoms with Crippen LogP contribution in [0.25, 0.3) is 0 Å². The van der Waals surface area contributed by atoms with Crippen LogP contribution in [0, 0.1) is 17.3 Å². The summed E-state index contributed by atoms with van der Waals surface area (Å²) in [5, 5.41) is 0. The van der Waals surface area contributed by atoms with Crippen molar-refractivity contribution >= 4 is 15.9 Å². The van der Waals surface area contributed by atoms with Crippen LogP contribution in [0.1, 0.15) is 66.2 Å². The van der Waals surface area contributed by atoms with E-state index in [-0.39, 0.29) is 0 Å². The number of halogens is 1. The van der Waals surface area contributed by atoms with Crippen molar-refractivity contribution in [1.82, 2.24) is 0 Å². The van der Waals surface area contributed by atoms with Gasteiger partial charge in [-0.25, -0.2) is 0 Å². The van der Waals surface area contributed by atoms with Gasteiger partial charge >= 0.3 is 0 Å². The summed E-state index contributed by atoms with van der Waals surface area (Å²) in [5.74, 6) is 1.90. The molecule has 0 aromatic carbocycles. The van der Waals surface area contributed by atoms with Crippen LogP contribution in [0.5, 0.6) is 0 Å². The topological polar surface area (TPSA) is 0 Å². The van der Waals surface area contributed by atoms with Gasteiger partial charge in [-0.05, 0) is 49.4 Å². The van der Waals surface area contributed by atoms with Crippen LogP contribution in [-0.4, -0.2) is 4.83 Å². The van der Waals surface area contributed by atoms with E-state index in [9.17, 15) is 0 Å². The van der Waals surface area contributed by atoms with Gasteiger partial charge < -0.3 is 0 Å². The van der Waals surface area contributed by atoms with Crippen molar-refractivity contribution in [1.29, 1.82) is 0 Å². The van der Waals surface area contributed by atoms with Crippen LogP contribution >= 0.6 is 15.9 Å². The second-order valence-electron chi connectivity index (χ2n) is 6.28. The van der Waals surface area contributed by atoms with E-state index in [0.29, 0.717) is 5.41 Å². The average Bonchev–Trinajstić information content (AvgIpc) is 2.17. The summed E-state index contributed by atoms with van der Waals surface area (Å²) in [7, 11) is 0. The Morgan fingerprint density at radius 1 is 1.13 bits per heavy atom. The van der Waals surface area contributed by atoms with Gasteiger partial charge in [0.15, 0.2) is 0 Å². The first-order valence-corrected chi connectivity index (χ1v) is 7.50. The molecule has 0 aromatic rings. The molecule has 1 fully saturated rings. The highest BCUT2D eigenvalue weighted by molar-refractivity contribution is 9.09. The first-order chi connectivity index (χ1) is 6.95. The average molecular weight is 275 g/mol. The van der Waals surface area contributed by atoms with Crippen molar-refractivity contribution in [2.24, 2.45) is 17.3 Å². The minimum absolute atomic E-state index is 0.525. The zero-order chi connectivity index (χ0) is 11.5. The third kappa shape index (κ3) is 4.09. The maximum atomic E-state index is 3.87. The Labute approximate surface area is 104 Å².